The number of rotatable bonds is 4. The predicted molar refractivity (Wildman–Crippen MR) is 75.5 cm³/mol. The normalized spacial score (nSPS) is 10.4. The van der Waals surface area contributed by atoms with Crippen LogP contribution in [0.5, 0.6) is 11.6 Å². The van der Waals surface area contributed by atoms with Gasteiger partial charge in [-0.2, -0.15) is 0 Å². The van der Waals surface area contributed by atoms with Crippen LogP contribution in [0.4, 0.5) is 0 Å². The Balaban J connectivity index is 2.71. The van der Waals surface area contributed by atoms with E-state index in [9.17, 15) is 19.5 Å². The lowest BCUT2D eigenvalue weighted by Gasteiger charge is -2.11. The zero-order chi connectivity index (χ0) is 15.6. The highest BCUT2D eigenvalue weighted by atomic mass is 16.5. The van der Waals surface area contributed by atoms with Crippen LogP contribution in [0.15, 0.2) is 33.9 Å². The van der Waals surface area contributed by atoms with Gasteiger partial charge >= 0.3 is 5.69 Å². The van der Waals surface area contributed by atoms with E-state index in [0.717, 1.165) is 4.57 Å². The van der Waals surface area contributed by atoms with Crippen LogP contribution in [0.3, 0.4) is 0 Å². The van der Waals surface area contributed by atoms with Gasteiger partial charge in [-0.25, -0.2) is 9.36 Å². The Morgan fingerprint density at radius 3 is 2.43 bits per heavy atom. The molecule has 1 heterocycles. The average Bonchev–Trinajstić information content (AvgIpc) is 2.47. The molecule has 0 aliphatic heterocycles. The second-order valence-electron chi connectivity index (χ2n) is 4.27. The van der Waals surface area contributed by atoms with Crippen LogP contribution < -0.4 is 16.0 Å². The smallest absolute Gasteiger partial charge is 0.335 e. The lowest BCUT2D eigenvalue weighted by molar-refractivity contribution is 0.0982. The summed E-state index contributed by atoms with van der Waals surface area (Å²) in [5.74, 6) is -0.641. The Hall–Kier alpha value is -2.83. The fourth-order valence-electron chi connectivity index (χ4n) is 1.92. The van der Waals surface area contributed by atoms with Crippen LogP contribution in [0.1, 0.15) is 23.7 Å². The highest BCUT2D eigenvalue weighted by Crippen LogP contribution is 2.19. The van der Waals surface area contributed by atoms with Gasteiger partial charge in [-0.3, -0.25) is 14.6 Å². The van der Waals surface area contributed by atoms with Gasteiger partial charge in [0.25, 0.3) is 5.56 Å². The maximum atomic E-state index is 11.9. The second-order valence-corrected chi connectivity index (χ2v) is 4.27. The van der Waals surface area contributed by atoms with E-state index in [1.54, 1.807) is 19.1 Å². The molecule has 1 aromatic carbocycles. The maximum Gasteiger partial charge on any atom is 0.335 e. The molecule has 0 saturated heterocycles. The van der Waals surface area contributed by atoms with Crippen LogP contribution >= 0.6 is 0 Å². The number of hydrogen-bond donors (Lipinski definition) is 2. The third kappa shape index (κ3) is 2.58. The Kier molecular flexibility index (Phi) is 3.93. The first-order chi connectivity index (χ1) is 9.99. The number of aromatic hydroxyl groups is 1. The lowest BCUT2D eigenvalue weighted by atomic mass is 10.1. The van der Waals surface area contributed by atoms with E-state index in [-0.39, 0.29) is 6.42 Å². The molecule has 0 aliphatic rings. The molecule has 0 radical (unpaired) electrons. The van der Waals surface area contributed by atoms with Gasteiger partial charge in [0.15, 0.2) is 5.78 Å². The predicted octanol–water partition coefficient (Wildman–Crippen LogP) is 0.833. The van der Waals surface area contributed by atoms with Crippen molar-refractivity contribution in [1.82, 2.24) is 9.55 Å². The van der Waals surface area contributed by atoms with Crippen molar-refractivity contribution in [3.63, 3.8) is 0 Å². The molecule has 0 bridgehead atoms. The number of H-pyrrole nitrogens is 1. The SMILES string of the molecule is CCC(=O)c1c(O)n(-c2ccc(OC)cc2)c(=O)[nH]c1=O. The summed E-state index contributed by atoms with van der Waals surface area (Å²) in [6, 6.07) is 6.23. The number of aromatic nitrogens is 2. The summed E-state index contributed by atoms with van der Waals surface area (Å²) in [4.78, 5) is 37.3. The number of nitrogens with zero attached hydrogens (tertiary/aromatic N) is 1. The molecule has 7 heteroatoms. The van der Waals surface area contributed by atoms with Gasteiger partial charge in [0, 0.05) is 6.42 Å². The van der Waals surface area contributed by atoms with E-state index >= 15 is 0 Å². The quantitative estimate of drug-likeness (QED) is 0.812. The monoisotopic (exact) mass is 290 g/mol. The Morgan fingerprint density at radius 2 is 1.90 bits per heavy atom. The standard InChI is InChI=1S/C14H14N2O5/c1-3-10(17)11-12(18)15-14(20)16(13(11)19)8-4-6-9(21-2)7-5-8/h4-7,19H,3H2,1-2H3,(H,15,18,20). The highest BCUT2D eigenvalue weighted by Gasteiger charge is 2.20. The number of benzene rings is 1. The highest BCUT2D eigenvalue weighted by molar-refractivity contribution is 5.97. The van der Waals surface area contributed by atoms with Crippen molar-refractivity contribution in [3.8, 4) is 17.3 Å². The number of nitrogens with one attached hydrogen (secondary N) is 1. The molecular weight excluding hydrogens is 276 g/mol. The van der Waals surface area contributed by atoms with Crippen molar-refractivity contribution in [1.29, 1.82) is 0 Å². The summed E-state index contributed by atoms with van der Waals surface area (Å²) in [5.41, 5.74) is -1.84. The van der Waals surface area contributed by atoms with Crippen molar-refractivity contribution in [2.24, 2.45) is 0 Å². The van der Waals surface area contributed by atoms with Crippen LogP contribution in [0.2, 0.25) is 0 Å². The van der Waals surface area contributed by atoms with Gasteiger partial charge in [-0.05, 0) is 24.3 Å². The van der Waals surface area contributed by atoms with Crippen molar-refractivity contribution in [2.75, 3.05) is 7.11 Å². The van der Waals surface area contributed by atoms with Crippen LogP contribution in [0, 0.1) is 0 Å². The average molecular weight is 290 g/mol. The van der Waals surface area contributed by atoms with Crippen molar-refractivity contribution in [3.05, 3.63) is 50.7 Å². The molecule has 0 atom stereocenters. The molecule has 0 amide bonds. The summed E-state index contributed by atoms with van der Waals surface area (Å²) in [5, 5.41) is 10.1. The first-order valence-electron chi connectivity index (χ1n) is 6.25. The Labute approximate surface area is 119 Å². The van der Waals surface area contributed by atoms with E-state index in [2.05, 4.69) is 0 Å². The maximum absolute atomic E-state index is 11.9. The summed E-state index contributed by atoms with van der Waals surface area (Å²) in [6.45, 7) is 1.56. The van der Waals surface area contributed by atoms with Gasteiger partial charge < -0.3 is 9.84 Å². The Bertz CT molecular complexity index is 786. The number of methoxy groups -OCH3 is 1. The van der Waals surface area contributed by atoms with Crippen molar-refractivity contribution in [2.45, 2.75) is 13.3 Å². The number of carbonyl (C=O) groups excluding carboxylic acids is 1. The number of hydrogen-bond acceptors (Lipinski definition) is 5. The van der Waals surface area contributed by atoms with Gasteiger partial charge in [-0.15, -0.1) is 0 Å². The van der Waals surface area contributed by atoms with E-state index in [1.807, 2.05) is 4.98 Å². The third-order valence-corrected chi connectivity index (χ3v) is 3.02. The number of aromatic amines is 1. The summed E-state index contributed by atoms with van der Waals surface area (Å²) < 4.78 is 5.87. The third-order valence-electron chi connectivity index (χ3n) is 3.02. The summed E-state index contributed by atoms with van der Waals surface area (Å²) in [6.07, 6.45) is 0.0391. The van der Waals surface area contributed by atoms with Crippen LogP contribution in [0.25, 0.3) is 5.69 Å². The molecule has 0 fully saturated rings. The van der Waals surface area contributed by atoms with Crippen LogP contribution in [-0.2, 0) is 0 Å². The molecule has 2 rings (SSSR count). The first kappa shape index (κ1) is 14.6. The minimum Gasteiger partial charge on any atom is -0.497 e. The van der Waals surface area contributed by atoms with Crippen molar-refractivity contribution < 1.29 is 14.6 Å². The molecule has 0 saturated carbocycles. The molecule has 21 heavy (non-hydrogen) atoms. The van der Waals surface area contributed by atoms with Crippen LogP contribution in [-0.4, -0.2) is 27.6 Å². The summed E-state index contributed by atoms with van der Waals surface area (Å²) in [7, 11) is 1.50. The van der Waals surface area contributed by atoms with Gasteiger partial charge in [-0.1, -0.05) is 6.92 Å². The topological polar surface area (TPSA) is 101 Å². The van der Waals surface area contributed by atoms with Gasteiger partial charge in [0.05, 0.1) is 12.8 Å². The number of Topliss-reactive ketones (excluding diaryl/α,β-unsaturated/α-hetero) is 1. The number of carbonyl (C=O) groups is 1. The molecule has 0 spiro atoms. The van der Waals surface area contributed by atoms with Gasteiger partial charge in [0.2, 0.25) is 5.88 Å². The zero-order valence-corrected chi connectivity index (χ0v) is 11.5. The van der Waals surface area contributed by atoms with E-state index < -0.39 is 28.5 Å². The molecule has 2 N–H and O–H groups in total. The van der Waals surface area contributed by atoms with E-state index in [4.69, 9.17) is 4.74 Å². The van der Waals surface area contributed by atoms with Gasteiger partial charge in [0.1, 0.15) is 11.3 Å². The van der Waals surface area contributed by atoms with Crippen molar-refractivity contribution >= 4 is 5.78 Å². The fraction of sp³-hybridized carbons (Fsp3) is 0.214. The molecule has 0 aliphatic carbocycles. The molecule has 1 aromatic heterocycles. The lowest BCUT2D eigenvalue weighted by Crippen LogP contribution is -2.32. The first-order valence-corrected chi connectivity index (χ1v) is 6.25. The largest absolute Gasteiger partial charge is 0.497 e. The molecule has 7 nitrogen and oxygen atoms in total. The minimum atomic E-state index is -0.894. The molecule has 110 valence electrons. The minimum absolute atomic E-state index is 0.0391. The summed E-state index contributed by atoms with van der Waals surface area (Å²) >= 11 is 0. The molecular formula is C14H14N2O5. The zero-order valence-electron chi connectivity index (χ0n) is 11.5. The Morgan fingerprint density at radius 1 is 1.29 bits per heavy atom. The van der Waals surface area contributed by atoms with E-state index in [0.29, 0.717) is 11.4 Å². The second kappa shape index (κ2) is 5.66. The fourth-order valence-corrected chi connectivity index (χ4v) is 1.92. The van der Waals surface area contributed by atoms with E-state index in [1.165, 1.54) is 19.2 Å². The molecule has 0 unspecified atom stereocenters. The molecule has 2 aromatic rings. The number of ether oxygens (including phenoxy) is 1. The number of ketones is 1.